The van der Waals surface area contributed by atoms with E-state index in [0.29, 0.717) is 12.2 Å². The predicted molar refractivity (Wildman–Crippen MR) is 70.1 cm³/mol. The molecule has 1 rings (SSSR count). The molecular formula is C11H17F3N2O4S. The van der Waals surface area contributed by atoms with E-state index in [1.165, 1.54) is 16.7 Å². The smallest absolute Gasteiger partial charge is 0.411 e. The van der Waals surface area contributed by atoms with Crippen LogP contribution in [0.4, 0.5) is 18.0 Å². The predicted octanol–water partition coefficient (Wildman–Crippen LogP) is 1.51. The zero-order valence-electron chi connectivity index (χ0n) is 11.4. The number of carboxylic acids is 1. The number of thioether (sulfide) groups is 1. The van der Waals surface area contributed by atoms with E-state index >= 15 is 0 Å². The molecule has 0 spiro atoms. The van der Waals surface area contributed by atoms with Gasteiger partial charge in [0.1, 0.15) is 12.6 Å². The Morgan fingerprint density at radius 1 is 1.48 bits per heavy atom. The third kappa shape index (κ3) is 5.62. The SMILES string of the molecule is CCC1SCC(C(=O)O)N1C(=O)NCCOCC(F)(F)F. The van der Waals surface area contributed by atoms with E-state index in [0.717, 1.165) is 0 Å². The zero-order chi connectivity index (χ0) is 16.0. The van der Waals surface area contributed by atoms with Crippen molar-refractivity contribution in [1.29, 1.82) is 0 Å². The maximum Gasteiger partial charge on any atom is 0.411 e. The average Bonchev–Trinajstić information content (AvgIpc) is 2.80. The summed E-state index contributed by atoms with van der Waals surface area (Å²) in [7, 11) is 0. The highest BCUT2D eigenvalue weighted by atomic mass is 32.2. The number of carbonyl (C=O) groups excluding carboxylic acids is 1. The minimum atomic E-state index is -4.41. The van der Waals surface area contributed by atoms with Gasteiger partial charge < -0.3 is 15.2 Å². The van der Waals surface area contributed by atoms with Gasteiger partial charge in [-0.3, -0.25) is 4.90 Å². The van der Waals surface area contributed by atoms with Crippen molar-refractivity contribution in [2.24, 2.45) is 0 Å². The highest BCUT2D eigenvalue weighted by Crippen LogP contribution is 2.31. The van der Waals surface area contributed by atoms with Gasteiger partial charge in [0.25, 0.3) is 0 Å². The maximum atomic E-state index is 11.9. The summed E-state index contributed by atoms with van der Waals surface area (Å²) < 4.78 is 39.9. The van der Waals surface area contributed by atoms with Crippen LogP contribution in [0.2, 0.25) is 0 Å². The number of aliphatic carboxylic acids is 1. The average molecular weight is 330 g/mol. The number of nitrogens with zero attached hydrogens (tertiary/aromatic N) is 1. The molecule has 0 saturated carbocycles. The Bertz CT molecular complexity index is 381. The molecule has 2 unspecified atom stereocenters. The van der Waals surface area contributed by atoms with Crippen LogP contribution in [0.15, 0.2) is 0 Å². The van der Waals surface area contributed by atoms with Crippen molar-refractivity contribution in [3.8, 4) is 0 Å². The van der Waals surface area contributed by atoms with Crippen LogP contribution < -0.4 is 5.32 Å². The number of alkyl halides is 3. The molecule has 122 valence electrons. The number of urea groups is 1. The van der Waals surface area contributed by atoms with Gasteiger partial charge in [-0.05, 0) is 6.42 Å². The fourth-order valence-corrected chi connectivity index (χ4v) is 3.20. The van der Waals surface area contributed by atoms with E-state index in [1.54, 1.807) is 0 Å². The second-order valence-electron chi connectivity index (χ2n) is 4.36. The number of amides is 2. The van der Waals surface area contributed by atoms with Crippen LogP contribution in [0.3, 0.4) is 0 Å². The van der Waals surface area contributed by atoms with Crippen LogP contribution in [0.5, 0.6) is 0 Å². The number of hydrogen-bond donors (Lipinski definition) is 2. The Balaban J connectivity index is 2.40. The summed E-state index contributed by atoms with van der Waals surface area (Å²) in [6.45, 7) is 0.0476. The van der Waals surface area contributed by atoms with E-state index in [2.05, 4.69) is 10.1 Å². The summed E-state index contributed by atoms with van der Waals surface area (Å²) in [6.07, 6.45) is -3.82. The van der Waals surface area contributed by atoms with Gasteiger partial charge in [-0.15, -0.1) is 11.8 Å². The van der Waals surface area contributed by atoms with Gasteiger partial charge in [-0.25, -0.2) is 9.59 Å². The maximum absolute atomic E-state index is 11.9. The molecule has 0 aromatic carbocycles. The molecule has 1 aliphatic heterocycles. The Labute approximate surface area is 124 Å². The Hall–Kier alpha value is -1.16. The summed E-state index contributed by atoms with van der Waals surface area (Å²) in [5, 5.41) is 11.2. The second-order valence-corrected chi connectivity index (χ2v) is 5.57. The molecule has 2 N–H and O–H groups in total. The number of halogens is 3. The molecular weight excluding hydrogens is 313 g/mol. The van der Waals surface area contributed by atoms with Crippen LogP contribution in [-0.2, 0) is 9.53 Å². The zero-order valence-corrected chi connectivity index (χ0v) is 12.2. The van der Waals surface area contributed by atoms with Gasteiger partial charge >= 0.3 is 18.2 Å². The fraction of sp³-hybridized carbons (Fsp3) is 0.818. The summed E-state index contributed by atoms with van der Waals surface area (Å²) in [4.78, 5) is 24.2. The number of carbonyl (C=O) groups is 2. The van der Waals surface area contributed by atoms with Gasteiger partial charge in [0, 0.05) is 12.3 Å². The lowest BCUT2D eigenvalue weighted by molar-refractivity contribution is -0.173. The van der Waals surface area contributed by atoms with Gasteiger partial charge in [-0.2, -0.15) is 13.2 Å². The van der Waals surface area contributed by atoms with Crippen molar-refractivity contribution >= 4 is 23.8 Å². The second kappa shape index (κ2) is 7.74. The first-order chi connectivity index (χ1) is 9.76. The molecule has 0 aromatic rings. The summed E-state index contributed by atoms with van der Waals surface area (Å²) in [5.74, 6) is -0.798. The van der Waals surface area contributed by atoms with Crippen molar-refractivity contribution in [3.05, 3.63) is 0 Å². The number of nitrogens with one attached hydrogen (secondary N) is 1. The number of ether oxygens (including phenoxy) is 1. The fourth-order valence-electron chi connectivity index (χ4n) is 1.85. The summed E-state index contributed by atoms with van der Waals surface area (Å²) >= 11 is 1.37. The minimum Gasteiger partial charge on any atom is -0.480 e. The molecule has 21 heavy (non-hydrogen) atoms. The van der Waals surface area contributed by atoms with Crippen LogP contribution >= 0.6 is 11.8 Å². The van der Waals surface area contributed by atoms with Gasteiger partial charge in [0.2, 0.25) is 0 Å². The normalized spacial score (nSPS) is 22.4. The Morgan fingerprint density at radius 3 is 2.67 bits per heavy atom. The molecule has 2 amide bonds. The number of rotatable bonds is 6. The lowest BCUT2D eigenvalue weighted by atomic mass is 10.3. The molecule has 6 nitrogen and oxygen atoms in total. The largest absolute Gasteiger partial charge is 0.480 e. The highest BCUT2D eigenvalue weighted by molar-refractivity contribution is 8.00. The summed E-state index contributed by atoms with van der Waals surface area (Å²) in [5.41, 5.74) is 0. The van der Waals surface area contributed by atoms with Crippen molar-refractivity contribution in [1.82, 2.24) is 10.2 Å². The molecule has 10 heteroatoms. The van der Waals surface area contributed by atoms with Gasteiger partial charge in [0.15, 0.2) is 0 Å². The molecule has 1 saturated heterocycles. The molecule has 0 bridgehead atoms. The van der Waals surface area contributed by atoms with E-state index < -0.39 is 30.8 Å². The number of hydrogen-bond acceptors (Lipinski definition) is 4. The monoisotopic (exact) mass is 330 g/mol. The molecule has 0 aliphatic carbocycles. The van der Waals surface area contributed by atoms with Crippen molar-refractivity contribution < 1.29 is 32.6 Å². The molecule has 0 radical (unpaired) electrons. The van der Waals surface area contributed by atoms with Crippen molar-refractivity contribution in [3.63, 3.8) is 0 Å². The standard InChI is InChI=1S/C11H17F3N2O4S/c1-2-8-16(7(5-21-8)9(17)18)10(19)15-3-4-20-6-11(12,13)14/h7-8H,2-6H2,1H3,(H,15,19)(H,17,18). The molecule has 1 heterocycles. The van der Waals surface area contributed by atoms with Crippen LogP contribution in [0.1, 0.15) is 13.3 Å². The first-order valence-corrected chi connectivity index (χ1v) is 7.36. The van der Waals surface area contributed by atoms with E-state index in [1.807, 2.05) is 6.92 Å². The first kappa shape index (κ1) is 17.9. The third-order valence-electron chi connectivity index (χ3n) is 2.75. The third-order valence-corrected chi connectivity index (χ3v) is 4.20. The molecule has 1 fully saturated rings. The number of carboxylic acid groups (broad SMARTS) is 1. The highest BCUT2D eigenvalue weighted by Gasteiger charge is 2.40. The quantitative estimate of drug-likeness (QED) is 0.722. The Morgan fingerprint density at radius 2 is 2.14 bits per heavy atom. The van der Waals surface area contributed by atoms with Crippen LogP contribution in [0, 0.1) is 0 Å². The first-order valence-electron chi connectivity index (χ1n) is 6.31. The Kier molecular flexibility index (Phi) is 6.59. The van der Waals surface area contributed by atoms with E-state index in [4.69, 9.17) is 5.11 Å². The topological polar surface area (TPSA) is 78.9 Å². The van der Waals surface area contributed by atoms with Crippen molar-refractivity contribution in [2.75, 3.05) is 25.5 Å². The van der Waals surface area contributed by atoms with Crippen LogP contribution in [-0.4, -0.2) is 65.1 Å². The lowest BCUT2D eigenvalue weighted by Crippen LogP contribution is -2.50. The van der Waals surface area contributed by atoms with Crippen LogP contribution in [0.25, 0.3) is 0 Å². The minimum absolute atomic E-state index is 0.112. The molecule has 0 aromatic heterocycles. The van der Waals surface area contributed by atoms with Crippen molar-refractivity contribution in [2.45, 2.75) is 30.9 Å². The lowest BCUT2D eigenvalue weighted by Gasteiger charge is -2.26. The van der Waals surface area contributed by atoms with E-state index in [-0.39, 0.29) is 18.5 Å². The van der Waals surface area contributed by atoms with Gasteiger partial charge in [0.05, 0.1) is 12.0 Å². The molecule has 1 aliphatic rings. The summed E-state index contributed by atoms with van der Waals surface area (Å²) in [6, 6.07) is -1.52. The molecule has 2 atom stereocenters. The van der Waals surface area contributed by atoms with Gasteiger partial charge in [-0.1, -0.05) is 6.92 Å². The van der Waals surface area contributed by atoms with E-state index in [9.17, 15) is 22.8 Å².